The van der Waals surface area contributed by atoms with Crippen LogP contribution in [-0.2, 0) is 0 Å². The van der Waals surface area contributed by atoms with Gasteiger partial charge in [-0.1, -0.05) is 58.5 Å². The smallest absolute Gasteiger partial charge is 0.257 e. The van der Waals surface area contributed by atoms with E-state index < -0.39 is 5.91 Å². The highest BCUT2D eigenvalue weighted by molar-refractivity contribution is 7.80. The van der Waals surface area contributed by atoms with E-state index in [0.717, 1.165) is 15.2 Å². The van der Waals surface area contributed by atoms with Crippen molar-refractivity contribution < 1.29 is 4.79 Å². The molecule has 1 amide bonds. The Morgan fingerprint density at radius 2 is 1.68 bits per heavy atom. The number of anilines is 1. The molecule has 0 aliphatic rings. The summed E-state index contributed by atoms with van der Waals surface area (Å²) in [7, 11) is 0. The van der Waals surface area contributed by atoms with Crippen molar-refractivity contribution in [3.05, 3.63) is 80.3 Å². The van der Waals surface area contributed by atoms with Crippen molar-refractivity contribution in [1.82, 2.24) is 10.3 Å². The Bertz CT molecular complexity index is 1310. The van der Waals surface area contributed by atoms with Gasteiger partial charge >= 0.3 is 0 Å². The average Bonchev–Trinajstić information content (AvgIpc) is 3.15. The zero-order valence-electron chi connectivity index (χ0n) is 15.4. The van der Waals surface area contributed by atoms with Crippen LogP contribution in [0.15, 0.2) is 54.6 Å². The molecule has 2 N–H and O–H groups in total. The van der Waals surface area contributed by atoms with Gasteiger partial charge in [0.15, 0.2) is 5.11 Å². The van der Waals surface area contributed by atoms with Gasteiger partial charge < -0.3 is 5.32 Å². The van der Waals surface area contributed by atoms with Gasteiger partial charge in [-0.15, -0.1) is 11.3 Å². The summed E-state index contributed by atoms with van der Waals surface area (Å²) in [6.07, 6.45) is 0. The molecule has 0 radical (unpaired) electrons. The molecule has 0 saturated heterocycles. The lowest BCUT2D eigenvalue weighted by atomic mass is 10.2. The zero-order valence-corrected chi connectivity index (χ0v) is 20.0. The van der Waals surface area contributed by atoms with Crippen molar-refractivity contribution in [2.75, 3.05) is 5.32 Å². The molecular weight excluding hydrogens is 516 g/mol. The summed E-state index contributed by atoms with van der Waals surface area (Å²) in [6, 6.07) is 15.7. The lowest BCUT2D eigenvalue weighted by molar-refractivity contribution is 0.0977. The number of aromatic nitrogens is 1. The fourth-order valence-electron chi connectivity index (χ4n) is 2.76. The number of amides is 1. The third-order valence-corrected chi connectivity index (χ3v) is 6.88. The first-order valence-electron chi connectivity index (χ1n) is 8.74. The molecule has 0 fully saturated rings. The van der Waals surface area contributed by atoms with E-state index in [-0.39, 0.29) is 10.1 Å². The fourth-order valence-corrected chi connectivity index (χ4v) is 4.83. The summed E-state index contributed by atoms with van der Waals surface area (Å²) >= 11 is 31.4. The molecule has 156 valence electrons. The molecule has 0 spiro atoms. The van der Waals surface area contributed by atoms with E-state index in [9.17, 15) is 4.79 Å². The van der Waals surface area contributed by atoms with Crippen LogP contribution in [0.4, 0.5) is 5.69 Å². The van der Waals surface area contributed by atoms with Crippen LogP contribution in [0.5, 0.6) is 0 Å². The van der Waals surface area contributed by atoms with E-state index in [1.165, 1.54) is 23.5 Å². The van der Waals surface area contributed by atoms with Crippen LogP contribution >= 0.6 is 70.0 Å². The van der Waals surface area contributed by atoms with Gasteiger partial charge in [0, 0.05) is 11.1 Å². The molecule has 1 aromatic heterocycles. The number of para-hydroxylation sites is 1. The molecule has 31 heavy (non-hydrogen) atoms. The van der Waals surface area contributed by atoms with Gasteiger partial charge in [0.2, 0.25) is 0 Å². The number of carbonyl (C=O) groups excluding carboxylic acids is 1. The predicted octanol–water partition coefficient (Wildman–Crippen LogP) is 7.70. The van der Waals surface area contributed by atoms with Crippen molar-refractivity contribution >= 4 is 96.9 Å². The quantitative estimate of drug-likeness (QED) is 0.268. The monoisotopic (exact) mass is 525 g/mol. The van der Waals surface area contributed by atoms with Crippen molar-refractivity contribution in [3.8, 4) is 10.6 Å². The van der Waals surface area contributed by atoms with Gasteiger partial charge in [0.25, 0.3) is 5.91 Å². The molecule has 3 aromatic carbocycles. The van der Waals surface area contributed by atoms with E-state index >= 15 is 0 Å². The lowest BCUT2D eigenvalue weighted by Crippen LogP contribution is -2.34. The zero-order chi connectivity index (χ0) is 22.1. The minimum Gasteiger partial charge on any atom is -0.331 e. The second-order valence-corrected chi connectivity index (χ2v) is 9.40. The van der Waals surface area contributed by atoms with Crippen molar-refractivity contribution in [2.45, 2.75) is 0 Å². The highest BCUT2D eigenvalue weighted by atomic mass is 35.5. The molecule has 0 atom stereocenters. The van der Waals surface area contributed by atoms with E-state index in [4.69, 9.17) is 58.6 Å². The number of hydrogen-bond acceptors (Lipinski definition) is 4. The summed E-state index contributed by atoms with van der Waals surface area (Å²) in [6.45, 7) is 0. The number of fused-ring (bicyclic) bond motifs is 1. The topological polar surface area (TPSA) is 54.0 Å². The normalized spacial score (nSPS) is 10.8. The molecule has 1 heterocycles. The second kappa shape index (κ2) is 9.28. The van der Waals surface area contributed by atoms with Gasteiger partial charge in [-0.3, -0.25) is 10.1 Å². The third-order valence-electron chi connectivity index (χ3n) is 4.24. The molecule has 4 nitrogen and oxygen atoms in total. The molecule has 0 aliphatic heterocycles. The highest BCUT2D eigenvalue weighted by Gasteiger charge is 2.15. The van der Waals surface area contributed by atoms with Crippen molar-refractivity contribution in [2.24, 2.45) is 0 Å². The molecule has 4 rings (SSSR count). The van der Waals surface area contributed by atoms with Gasteiger partial charge in [-0.2, -0.15) is 0 Å². The molecule has 0 bridgehead atoms. The predicted molar refractivity (Wildman–Crippen MR) is 135 cm³/mol. The van der Waals surface area contributed by atoms with Crippen molar-refractivity contribution in [3.63, 3.8) is 0 Å². The van der Waals surface area contributed by atoms with E-state index in [0.29, 0.717) is 31.9 Å². The van der Waals surface area contributed by atoms with Crippen LogP contribution in [0.25, 0.3) is 20.8 Å². The van der Waals surface area contributed by atoms with Crippen LogP contribution in [0.2, 0.25) is 20.1 Å². The fraction of sp³-hybridized carbons (Fsp3) is 0. The first-order chi connectivity index (χ1) is 14.8. The number of rotatable bonds is 3. The number of thiazole rings is 1. The molecule has 10 heteroatoms. The Kier molecular flexibility index (Phi) is 6.67. The summed E-state index contributed by atoms with van der Waals surface area (Å²) in [4.78, 5) is 17.1. The third kappa shape index (κ3) is 4.95. The summed E-state index contributed by atoms with van der Waals surface area (Å²) in [5.41, 5.74) is 2.39. The van der Waals surface area contributed by atoms with Crippen LogP contribution < -0.4 is 10.6 Å². The maximum Gasteiger partial charge on any atom is 0.257 e. The van der Waals surface area contributed by atoms with Crippen molar-refractivity contribution in [1.29, 1.82) is 0 Å². The number of nitrogens with zero attached hydrogens (tertiary/aromatic N) is 1. The largest absolute Gasteiger partial charge is 0.331 e. The van der Waals surface area contributed by atoms with E-state index in [1.54, 1.807) is 18.2 Å². The number of carbonyl (C=O) groups is 1. The number of thiocarbonyl (C=S) groups is 1. The van der Waals surface area contributed by atoms with Crippen LogP contribution in [0.1, 0.15) is 10.4 Å². The highest BCUT2D eigenvalue weighted by Crippen LogP contribution is 2.38. The Morgan fingerprint density at radius 3 is 2.42 bits per heavy atom. The number of hydrogen-bond donors (Lipinski definition) is 2. The molecular formula is C21H11Cl4N3OS2. The minimum absolute atomic E-state index is 0.0653. The molecule has 0 aliphatic carbocycles. The first-order valence-corrected chi connectivity index (χ1v) is 11.5. The van der Waals surface area contributed by atoms with Gasteiger partial charge in [-0.05, 0) is 54.7 Å². The second-order valence-electron chi connectivity index (χ2n) is 6.34. The SMILES string of the molecule is O=C(NC(=S)Nc1cc(-c2nc3ccccc3s2)c(Cl)cc1Cl)c1ccc(Cl)c(Cl)c1. The van der Waals surface area contributed by atoms with Crippen LogP contribution in [-0.4, -0.2) is 16.0 Å². The first kappa shape index (κ1) is 22.3. The van der Waals surface area contributed by atoms with Gasteiger partial charge in [0.05, 0.1) is 36.0 Å². The minimum atomic E-state index is -0.437. The van der Waals surface area contributed by atoms with E-state index in [2.05, 4.69) is 15.6 Å². The number of halogens is 4. The Morgan fingerprint density at radius 1 is 0.903 bits per heavy atom. The lowest BCUT2D eigenvalue weighted by Gasteiger charge is -2.13. The standard InChI is InChI=1S/C21H11Cl4N3OS2/c22-12-6-5-10(7-14(12)24)19(29)28-21(30)27-17-8-11(13(23)9-15(17)25)20-26-16-3-1-2-4-18(16)31-20/h1-9H,(H2,27,28,29,30). The maximum atomic E-state index is 12.4. The summed E-state index contributed by atoms with van der Waals surface area (Å²) in [5, 5.41) is 7.77. The number of nitrogens with one attached hydrogen (secondary N) is 2. The Labute approximate surface area is 207 Å². The Balaban J connectivity index is 1.56. The molecule has 0 saturated carbocycles. The maximum absolute atomic E-state index is 12.4. The number of benzene rings is 3. The Hall–Kier alpha value is -1.93. The van der Waals surface area contributed by atoms with E-state index in [1.807, 2.05) is 24.3 Å². The van der Waals surface area contributed by atoms with Gasteiger partial charge in [-0.25, -0.2) is 4.98 Å². The summed E-state index contributed by atoms with van der Waals surface area (Å²) < 4.78 is 1.04. The van der Waals surface area contributed by atoms with Crippen LogP contribution in [0, 0.1) is 0 Å². The molecule has 4 aromatic rings. The van der Waals surface area contributed by atoms with Crippen LogP contribution in [0.3, 0.4) is 0 Å². The molecule has 0 unspecified atom stereocenters. The summed E-state index contributed by atoms with van der Waals surface area (Å²) in [5.74, 6) is -0.437. The average molecular weight is 527 g/mol. The van der Waals surface area contributed by atoms with Gasteiger partial charge in [0.1, 0.15) is 5.01 Å².